The van der Waals surface area contributed by atoms with Gasteiger partial charge in [0, 0.05) is 48.5 Å². The Bertz CT molecular complexity index is 790. The molecule has 0 aliphatic carbocycles. The Kier molecular flexibility index (Phi) is 5.11. The molecule has 2 amide bonds. The van der Waals surface area contributed by atoms with Crippen LogP contribution in [0.1, 0.15) is 52.1 Å². The summed E-state index contributed by atoms with van der Waals surface area (Å²) in [5.41, 5.74) is 3.59. The fourth-order valence-corrected chi connectivity index (χ4v) is 3.23. The third-order valence-electron chi connectivity index (χ3n) is 4.97. The van der Waals surface area contributed by atoms with E-state index in [9.17, 15) is 4.79 Å². The number of pyridine rings is 1. The number of carbonyl (C=O) groups excluding carboxylic acids is 1. The third kappa shape index (κ3) is 3.55. The zero-order valence-corrected chi connectivity index (χ0v) is 15.6. The average molecular weight is 340 g/mol. The summed E-state index contributed by atoms with van der Waals surface area (Å²) in [5, 5.41) is 4.24. The molecule has 3 rings (SSSR count). The first-order valence-electron chi connectivity index (χ1n) is 9.21. The standard InChI is InChI=1S/C20H28N4O/c1-5-15(4)22-20(25)23-11-8-16(9-12-23)18-13-24(14(2)3)19-17(18)7-6-10-21-19/h6-8,10,13-15H,5,9,11-12H2,1-4H3,(H,22,25)/t15-/m1/s1. The summed E-state index contributed by atoms with van der Waals surface area (Å²) in [6, 6.07) is 4.75. The first-order chi connectivity index (χ1) is 12.0. The number of aromatic nitrogens is 2. The van der Waals surface area contributed by atoms with Crippen molar-refractivity contribution in [2.24, 2.45) is 0 Å². The van der Waals surface area contributed by atoms with E-state index in [1.165, 1.54) is 16.5 Å². The van der Waals surface area contributed by atoms with Crippen molar-refractivity contribution in [3.8, 4) is 0 Å². The second-order valence-corrected chi connectivity index (χ2v) is 7.10. The fourth-order valence-electron chi connectivity index (χ4n) is 3.23. The smallest absolute Gasteiger partial charge is 0.317 e. The summed E-state index contributed by atoms with van der Waals surface area (Å²) in [4.78, 5) is 18.7. The third-order valence-corrected chi connectivity index (χ3v) is 4.97. The molecule has 2 aromatic rings. The summed E-state index contributed by atoms with van der Waals surface area (Å²) in [6.45, 7) is 9.88. The minimum Gasteiger partial charge on any atom is -0.336 e. The van der Waals surface area contributed by atoms with Crippen LogP contribution in [-0.2, 0) is 0 Å². The molecule has 0 aromatic carbocycles. The molecule has 134 valence electrons. The largest absolute Gasteiger partial charge is 0.336 e. The molecular weight excluding hydrogens is 312 g/mol. The predicted octanol–water partition coefficient (Wildman–Crippen LogP) is 4.21. The lowest BCUT2D eigenvalue weighted by molar-refractivity contribution is 0.199. The van der Waals surface area contributed by atoms with E-state index in [0.29, 0.717) is 12.6 Å². The van der Waals surface area contributed by atoms with E-state index in [2.05, 4.69) is 54.0 Å². The van der Waals surface area contributed by atoms with Crippen LogP contribution < -0.4 is 5.32 Å². The second-order valence-electron chi connectivity index (χ2n) is 7.10. The van der Waals surface area contributed by atoms with Crippen LogP contribution in [0.4, 0.5) is 4.79 Å². The quantitative estimate of drug-likeness (QED) is 0.906. The normalized spacial score (nSPS) is 16.2. The van der Waals surface area contributed by atoms with E-state index in [4.69, 9.17) is 0 Å². The minimum atomic E-state index is 0.0379. The van der Waals surface area contributed by atoms with Gasteiger partial charge in [0.1, 0.15) is 5.65 Å². The van der Waals surface area contributed by atoms with E-state index < -0.39 is 0 Å². The van der Waals surface area contributed by atoms with Crippen LogP contribution in [0.3, 0.4) is 0 Å². The Hall–Kier alpha value is -2.30. The van der Waals surface area contributed by atoms with Crippen molar-refractivity contribution in [2.45, 2.75) is 52.6 Å². The molecule has 0 unspecified atom stereocenters. The lowest BCUT2D eigenvalue weighted by Gasteiger charge is -2.28. The Labute approximate surface area is 149 Å². The summed E-state index contributed by atoms with van der Waals surface area (Å²) in [5.74, 6) is 0. The maximum atomic E-state index is 12.3. The molecule has 0 spiro atoms. The van der Waals surface area contributed by atoms with Gasteiger partial charge in [-0.2, -0.15) is 0 Å². The van der Waals surface area contributed by atoms with Gasteiger partial charge >= 0.3 is 6.03 Å². The molecule has 1 N–H and O–H groups in total. The van der Waals surface area contributed by atoms with Crippen LogP contribution in [0.15, 0.2) is 30.6 Å². The number of carbonyl (C=O) groups is 1. The predicted molar refractivity (Wildman–Crippen MR) is 103 cm³/mol. The molecule has 0 saturated carbocycles. The number of rotatable bonds is 4. The highest BCUT2D eigenvalue weighted by atomic mass is 16.2. The first kappa shape index (κ1) is 17.5. The molecule has 1 aliphatic heterocycles. The van der Waals surface area contributed by atoms with Crippen molar-refractivity contribution in [2.75, 3.05) is 13.1 Å². The van der Waals surface area contributed by atoms with Gasteiger partial charge in [0.05, 0.1) is 0 Å². The van der Waals surface area contributed by atoms with Gasteiger partial charge in [-0.15, -0.1) is 0 Å². The van der Waals surface area contributed by atoms with Crippen molar-refractivity contribution < 1.29 is 4.79 Å². The van der Waals surface area contributed by atoms with Gasteiger partial charge in [0.25, 0.3) is 0 Å². The van der Waals surface area contributed by atoms with E-state index >= 15 is 0 Å². The summed E-state index contributed by atoms with van der Waals surface area (Å²) in [6.07, 6.45) is 8.07. The number of amides is 2. The van der Waals surface area contributed by atoms with Crippen molar-refractivity contribution in [1.82, 2.24) is 19.8 Å². The van der Waals surface area contributed by atoms with Crippen molar-refractivity contribution in [3.63, 3.8) is 0 Å². The maximum absolute atomic E-state index is 12.3. The Balaban J connectivity index is 1.82. The topological polar surface area (TPSA) is 50.2 Å². The van der Waals surface area contributed by atoms with Crippen LogP contribution in [0.2, 0.25) is 0 Å². The van der Waals surface area contributed by atoms with Crippen LogP contribution in [0.25, 0.3) is 16.6 Å². The molecular formula is C20H28N4O. The van der Waals surface area contributed by atoms with Crippen LogP contribution in [-0.4, -0.2) is 39.6 Å². The van der Waals surface area contributed by atoms with Gasteiger partial charge in [-0.05, 0) is 51.3 Å². The van der Waals surface area contributed by atoms with Gasteiger partial charge in [-0.3, -0.25) is 0 Å². The summed E-state index contributed by atoms with van der Waals surface area (Å²) < 4.78 is 2.23. The molecule has 1 aliphatic rings. The van der Waals surface area contributed by atoms with Gasteiger partial charge in [0.2, 0.25) is 0 Å². The Morgan fingerprint density at radius 1 is 1.36 bits per heavy atom. The van der Waals surface area contributed by atoms with E-state index in [1.807, 2.05) is 24.1 Å². The first-order valence-corrected chi connectivity index (χ1v) is 9.21. The van der Waals surface area contributed by atoms with E-state index in [-0.39, 0.29) is 12.1 Å². The monoisotopic (exact) mass is 340 g/mol. The van der Waals surface area contributed by atoms with Gasteiger partial charge in [-0.1, -0.05) is 13.0 Å². The lowest BCUT2D eigenvalue weighted by Crippen LogP contribution is -2.45. The zero-order valence-electron chi connectivity index (χ0n) is 15.6. The summed E-state index contributed by atoms with van der Waals surface area (Å²) in [7, 11) is 0. The molecule has 0 bridgehead atoms. The Morgan fingerprint density at radius 2 is 2.16 bits per heavy atom. The summed E-state index contributed by atoms with van der Waals surface area (Å²) >= 11 is 0. The number of hydrogen-bond acceptors (Lipinski definition) is 2. The SMILES string of the molecule is CC[C@@H](C)NC(=O)N1CC=C(c2cn(C(C)C)c3ncccc23)CC1. The van der Waals surface area contributed by atoms with Gasteiger partial charge in [0.15, 0.2) is 0 Å². The molecule has 25 heavy (non-hydrogen) atoms. The van der Waals surface area contributed by atoms with Gasteiger partial charge < -0.3 is 14.8 Å². The lowest BCUT2D eigenvalue weighted by atomic mass is 10.00. The minimum absolute atomic E-state index is 0.0379. The number of nitrogens with one attached hydrogen (secondary N) is 1. The number of fused-ring (bicyclic) bond motifs is 1. The average Bonchev–Trinajstić information content (AvgIpc) is 3.01. The fraction of sp³-hybridized carbons (Fsp3) is 0.500. The number of hydrogen-bond donors (Lipinski definition) is 1. The molecule has 0 radical (unpaired) electrons. The van der Waals surface area contributed by atoms with E-state index in [0.717, 1.165) is 25.0 Å². The van der Waals surface area contributed by atoms with Crippen molar-refractivity contribution in [1.29, 1.82) is 0 Å². The molecule has 5 nitrogen and oxygen atoms in total. The second kappa shape index (κ2) is 7.30. The van der Waals surface area contributed by atoms with Crippen molar-refractivity contribution >= 4 is 22.6 Å². The van der Waals surface area contributed by atoms with Crippen molar-refractivity contribution in [3.05, 3.63) is 36.2 Å². The number of nitrogens with zero attached hydrogens (tertiary/aromatic N) is 3. The molecule has 2 aromatic heterocycles. The van der Waals surface area contributed by atoms with Gasteiger partial charge in [-0.25, -0.2) is 9.78 Å². The maximum Gasteiger partial charge on any atom is 0.317 e. The highest BCUT2D eigenvalue weighted by Gasteiger charge is 2.21. The molecule has 0 saturated heterocycles. The highest BCUT2D eigenvalue weighted by Crippen LogP contribution is 2.31. The number of urea groups is 1. The molecule has 5 heteroatoms. The Morgan fingerprint density at radius 3 is 2.80 bits per heavy atom. The zero-order chi connectivity index (χ0) is 18.0. The molecule has 0 fully saturated rings. The van der Waals surface area contributed by atoms with Crippen LogP contribution in [0.5, 0.6) is 0 Å². The van der Waals surface area contributed by atoms with E-state index in [1.54, 1.807) is 0 Å². The van der Waals surface area contributed by atoms with Crippen LogP contribution >= 0.6 is 0 Å². The highest BCUT2D eigenvalue weighted by molar-refractivity contribution is 5.91. The molecule has 3 heterocycles. The molecule has 1 atom stereocenters. The van der Waals surface area contributed by atoms with Crippen LogP contribution in [0, 0.1) is 0 Å².